The number of carbonyl (C=O) groups is 2. The van der Waals surface area contributed by atoms with Crippen LogP contribution in [0.3, 0.4) is 0 Å². The molecule has 1 N–H and O–H groups in total. The number of hydrogen-bond acceptors (Lipinski definition) is 5. The summed E-state index contributed by atoms with van der Waals surface area (Å²) in [4.78, 5) is 22.0. The quantitative estimate of drug-likeness (QED) is 0.572. The average Bonchev–Trinajstić information content (AvgIpc) is 2.13. The van der Waals surface area contributed by atoms with E-state index in [9.17, 15) is 14.7 Å². The molecule has 0 unspecified atom stereocenters. The number of carbonyl (C=O) groups excluding carboxylic acids is 2. The fraction of sp³-hybridized carbons (Fsp3) is 0.818. The third kappa shape index (κ3) is 3.20. The molecule has 0 fully saturated rings. The zero-order chi connectivity index (χ0) is 13.0. The molecule has 0 aromatic heterocycles. The van der Waals surface area contributed by atoms with Gasteiger partial charge in [0.1, 0.15) is 5.60 Å². The van der Waals surface area contributed by atoms with E-state index in [-0.39, 0.29) is 0 Å². The first-order valence-electron chi connectivity index (χ1n) is 5.32. The van der Waals surface area contributed by atoms with E-state index < -0.39 is 23.3 Å². The van der Waals surface area contributed by atoms with Crippen LogP contribution in [0.2, 0.25) is 0 Å². The van der Waals surface area contributed by atoms with Crippen molar-refractivity contribution in [2.45, 2.75) is 58.8 Å². The second-order valence-corrected chi connectivity index (χ2v) is 3.87. The van der Waals surface area contributed by atoms with Crippen molar-refractivity contribution in [2.24, 2.45) is 0 Å². The van der Waals surface area contributed by atoms with Crippen molar-refractivity contribution in [1.82, 2.24) is 0 Å². The minimum atomic E-state index is -1.64. The minimum absolute atomic E-state index is 0.306. The highest BCUT2D eigenvalue weighted by molar-refractivity contribution is 5.69. The van der Waals surface area contributed by atoms with Crippen molar-refractivity contribution in [2.75, 3.05) is 0 Å². The van der Waals surface area contributed by atoms with Gasteiger partial charge in [0.15, 0.2) is 0 Å². The Kier molecular flexibility index (Phi) is 4.93. The van der Waals surface area contributed by atoms with Crippen LogP contribution in [0.1, 0.15) is 47.5 Å². The summed E-state index contributed by atoms with van der Waals surface area (Å²) < 4.78 is 9.93. The monoisotopic (exact) mass is 232 g/mol. The van der Waals surface area contributed by atoms with E-state index in [2.05, 4.69) is 0 Å². The van der Waals surface area contributed by atoms with Gasteiger partial charge >= 0.3 is 11.9 Å². The van der Waals surface area contributed by atoms with Gasteiger partial charge in [-0.1, -0.05) is 13.8 Å². The number of esters is 2. The Bertz CT molecular complexity index is 252. The van der Waals surface area contributed by atoms with E-state index >= 15 is 0 Å². The van der Waals surface area contributed by atoms with Crippen LogP contribution in [0.25, 0.3) is 0 Å². The molecule has 0 radical (unpaired) electrons. The molecule has 0 saturated carbocycles. The zero-order valence-electron chi connectivity index (χ0n) is 10.5. The molecule has 0 amide bonds. The Labute approximate surface area is 95.7 Å². The summed E-state index contributed by atoms with van der Waals surface area (Å²) in [5.41, 5.74) is -1.38. The van der Waals surface area contributed by atoms with Crippen molar-refractivity contribution >= 4 is 11.9 Å². The largest absolute Gasteiger partial charge is 0.420 e. The van der Waals surface area contributed by atoms with Crippen LogP contribution >= 0.6 is 0 Å². The Balaban J connectivity index is 5.18. The van der Waals surface area contributed by atoms with Gasteiger partial charge in [-0.25, -0.2) is 0 Å². The highest BCUT2D eigenvalue weighted by atomic mass is 16.7. The molecule has 0 aliphatic rings. The lowest BCUT2D eigenvalue weighted by Crippen LogP contribution is -2.56. The normalized spacial score (nSPS) is 12.1. The van der Waals surface area contributed by atoms with Crippen LogP contribution in [-0.2, 0) is 19.1 Å². The van der Waals surface area contributed by atoms with Gasteiger partial charge in [-0.05, 0) is 12.8 Å². The van der Waals surface area contributed by atoms with Crippen LogP contribution in [0.5, 0.6) is 0 Å². The van der Waals surface area contributed by atoms with E-state index in [1.807, 2.05) is 0 Å². The van der Waals surface area contributed by atoms with Crippen molar-refractivity contribution < 1.29 is 24.2 Å². The fourth-order valence-electron chi connectivity index (χ4n) is 1.65. The molecule has 0 spiro atoms. The lowest BCUT2D eigenvalue weighted by Gasteiger charge is -2.41. The maximum absolute atomic E-state index is 11.0. The third-order valence-electron chi connectivity index (χ3n) is 2.69. The van der Waals surface area contributed by atoms with E-state index in [0.717, 1.165) is 0 Å². The second kappa shape index (κ2) is 5.30. The van der Waals surface area contributed by atoms with Gasteiger partial charge in [-0.2, -0.15) is 0 Å². The zero-order valence-corrected chi connectivity index (χ0v) is 10.5. The number of ether oxygens (including phenoxy) is 2. The molecular formula is C11H20O5. The molecule has 0 heterocycles. The average molecular weight is 232 g/mol. The van der Waals surface area contributed by atoms with E-state index in [1.165, 1.54) is 20.8 Å². The molecule has 0 bridgehead atoms. The summed E-state index contributed by atoms with van der Waals surface area (Å²) in [7, 11) is 0. The Hall–Kier alpha value is -1.10. The number of hydrogen-bond donors (Lipinski definition) is 1. The van der Waals surface area contributed by atoms with Crippen LogP contribution in [0.15, 0.2) is 0 Å². The van der Waals surface area contributed by atoms with Crippen molar-refractivity contribution in [3.05, 3.63) is 0 Å². The molecule has 94 valence electrons. The van der Waals surface area contributed by atoms with Crippen LogP contribution in [-0.4, -0.2) is 28.4 Å². The van der Waals surface area contributed by atoms with Gasteiger partial charge in [0, 0.05) is 20.8 Å². The summed E-state index contributed by atoms with van der Waals surface area (Å²) in [5, 5.41) is 10.3. The first-order chi connectivity index (χ1) is 7.20. The minimum Gasteiger partial charge on any atom is -0.420 e. The predicted octanol–water partition coefficient (Wildman–Crippen LogP) is 1.38. The van der Waals surface area contributed by atoms with Crippen molar-refractivity contribution in [3.63, 3.8) is 0 Å². The first-order valence-corrected chi connectivity index (χ1v) is 5.32. The summed E-state index contributed by atoms with van der Waals surface area (Å²) in [5.74, 6) is -2.86. The van der Waals surface area contributed by atoms with Gasteiger partial charge in [-0.3, -0.25) is 9.59 Å². The highest BCUT2D eigenvalue weighted by Gasteiger charge is 2.50. The van der Waals surface area contributed by atoms with Gasteiger partial charge in [0.25, 0.3) is 5.79 Å². The summed E-state index contributed by atoms with van der Waals surface area (Å²) in [6, 6.07) is 0. The highest BCUT2D eigenvalue weighted by Crippen LogP contribution is 2.33. The number of rotatable bonds is 5. The van der Waals surface area contributed by atoms with E-state index in [1.54, 1.807) is 13.8 Å². The maximum Gasteiger partial charge on any atom is 0.306 e. The second-order valence-electron chi connectivity index (χ2n) is 3.87. The van der Waals surface area contributed by atoms with E-state index in [0.29, 0.717) is 12.8 Å². The molecule has 0 saturated heterocycles. The lowest BCUT2D eigenvalue weighted by molar-refractivity contribution is -0.286. The first kappa shape index (κ1) is 14.9. The molecule has 5 nitrogen and oxygen atoms in total. The topological polar surface area (TPSA) is 72.8 Å². The van der Waals surface area contributed by atoms with Crippen molar-refractivity contribution in [3.8, 4) is 0 Å². The Morgan fingerprint density at radius 1 is 1.06 bits per heavy atom. The van der Waals surface area contributed by atoms with Gasteiger partial charge in [-0.15, -0.1) is 0 Å². The Morgan fingerprint density at radius 3 is 1.56 bits per heavy atom. The third-order valence-corrected chi connectivity index (χ3v) is 2.69. The molecule has 16 heavy (non-hydrogen) atoms. The Morgan fingerprint density at radius 2 is 1.38 bits per heavy atom. The number of aliphatic hydroxyl groups is 1. The summed E-state index contributed by atoms with van der Waals surface area (Å²) in [6.45, 7) is 7.26. The molecule has 0 aromatic rings. The van der Waals surface area contributed by atoms with Gasteiger partial charge in [0.2, 0.25) is 0 Å². The van der Waals surface area contributed by atoms with Gasteiger partial charge in [0.05, 0.1) is 0 Å². The standard InChI is InChI=1S/C11H20O5/c1-6-11(14,7-2)10(5,15-8(3)12)16-9(4)13/h14H,6-7H2,1-5H3. The molecule has 0 atom stereocenters. The lowest BCUT2D eigenvalue weighted by atomic mass is 9.88. The van der Waals surface area contributed by atoms with Crippen LogP contribution in [0.4, 0.5) is 0 Å². The SMILES string of the molecule is CCC(O)(CC)C(C)(OC(C)=O)OC(C)=O. The molecule has 0 aliphatic heterocycles. The maximum atomic E-state index is 11.0. The smallest absolute Gasteiger partial charge is 0.306 e. The molecule has 0 aromatic carbocycles. The van der Waals surface area contributed by atoms with Crippen LogP contribution in [0, 0.1) is 0 Å². The van der Waals surface area contributed by atoms with Crippen molar-refractivity contribution in [1.29, 1.82) is 0 Å². The summed E-state index contributed by atoms with van der Waals surface area (Å²) >= 11 is 0. The van der Waals surface area contributed by atoms with Gasteiger partial charge < -0.3 is 14.6 Å². The van der Waals surface area contributed by atoms with E-state index in [4.69, 9.17) is 9.47 Å². The van der Waals surface area contributed by atoms with Crippen LogP contribution < -0.4 is 0 Å². The molecule has 0 rings (SSSR count). The predicted molar refractivity (Wildman–Crippen MR) is 57.5 cm³/mol. The summed E-state index contributed by atoms with van der Waals surface area (Å²) in [6.07, 6.45) is 0.612. The molecule has 0 aliphatic carbocycles. The molecule has 5 heteroatoms. The fourth-order valence-corrected chi connectivity index (χ4v) is 1.65. The molecular weight excluding hydrogens is 212 g/mol.